The van der Waals surface area contributed by atoms with Gasteiger partial charge in [-0.25, -0.2) is 14.6 Å². The summed E-state index contributed by atoms with van der Waals surface area (Å²) >= 11 is 6.71. The predicted octanol–water partition coefficient (Wildman–Crippen LogP) is 3.89. The Balaban J connectivity index is 1.21. The number of halogens is 1. The zero-order chi connectivity index (χ0) is 22.6. The molecule has 0 spiro atoms. The van der Waals surface area contributed by atoms with Crippen LogP contribution >= 0.6 is 11.6 Å². The highest BCUT2D eigenvalue weighted by molar-refractivity contribution is 6.32. The summed E-state index contributed by atoms with van der Waals surface area (Å²) in [5, 5.41) is 19.9. The minimum atomic E-state index is -0.433. The topological polar surface area (TPSA) is 88.3 Å². The number of rotatable bonds is 5. The monoisotopic (exact) mass is 468 g/mol. The highest BCUT2D eigenvalue weighted by Crippen LogP contribution is 2.39. The minimum absolute atomic E-state index is 0.293. The van der Waals surface area contributed by atoms with E-state index in [2.05, 4.69) is 33.3 Å². The molecule has 33 heavy (non-hydrogen) atoms. The van der Waals surface area contributed by atoms with Gasteiger partial charge in [-0.05, 0) is 69.3 Å². The largest absolute Gasteiger partial charge is 0.389 e. The number of aliphatic hydroxyl groups is 1. The van der Waals surface area contributed by atoms with Crippen LogP contribution in [0.5, 0.6) is 0 Å². The van der Waals surface area contributed by atoms with Crippen molar-refractivity contribution in [2.75, 3.05) is 31.6 Å². The van der Waals surface area contributed by atoms with Crippen LogP contribution in [-0.4, -0.2) is 67.7 Å². The van der Waals surface area contributed by atoms with E-state index in [1.54, 1.807) is 0 Å². The molecule has 3 fully saturated rings. The van der Waals surface area contributed by atoms with Gasteiger partial charge in [-0.2, -0.15) is 5.10 Å². The Morgan fingerprint density at radius 1 is 1.21 bits per heavy atom. The molecule has 9 heteroatoms. The number of likely N-dealkylation sites (tertiary alicyclic amines) is 1. The molecule has 0 radical (unpaired) electrons. The predicted molar refractivity (Wildman–Crippen MR) is 127 cm³/mol. The van der Waals surface area contributed by atoms with Crippen molar-refractivity contribution in [1.29, 1.82) is 0 Å². The fourth-order valence-corrected chi connectivity index (χ4v) is 5.56. The molecule has 0 unspecified atom stereocenters. The third-order valence-electron chi connectivity index (χ3n) is 7.55. The van der Waals surface area contributed by atoms with Gasteiger partial charge in [-0.1, -0.05) is 11.6 Å². The van der Waals surface area contributed by atoms with Gasteiger partial charge in [0.15, 0.2) is 0 Å². The SMILES string of the molecule is C[C@]1(N2CCC(c3cc4nc(Nc5ccnn5C5CC5)ncc4cc3Cl)CC2)COC[C@H]1O. The van der Waals surface area contributed by atoms with Crippen molar-refractivity contribution in [1.82, 2.24) is 24.6 Å². The van der Waals surface area contributed by atoms with Gasteiger partial charge in [-0.3, -0.25) is 4.90 Å². The van der Waals surface area contributed by atoms with E-state index in [0.717, 1.165) is 53.2 Å². The van der Waals surface area contributed by atoms with Crippen LogP contribution in [0.1, 0.15) is 50.1 Å². The third kappa shape index (κ3) is 3.89. The van der Waals surface area contributed by atoms with Crippen LogP contribution in [0.15, 0.2) is 30.6 Å². The van der Waals surface area contributed by atoms with Crippen LogP contribution in [0.25, 0.3) is 10.9 Å². The Morgan fingerprint density at radius 3 is 2.76 bits per heavy atom. The lowest BCUT2D eigenvalue weighted by atomic mass is 9.85. The number of aromatic nitrogens is 4. The third-order valence-corrected chi connectivity index (χ3v) is 7.87. The molecule has 1 aliphatic carbocycles. The Kier molecular flexibility index (Phi) is 5.29. The Hall–Kier alpha value is -2.26. The Bertz CT molecular complexity index is 1170. The van der Waals surface area contributed by atoms with Crippen molar-refractivity contribution in [2.24, 2.45) is 0 Å². The molecule has 2 aliphatic heterocycles. The summed E-state index contributed by atoms with van der Waals surface area (Å²) in [4.78, 5) is 11.7. The van der Waals surface area contributed by atoms with E-state index >= 15 is 0 Å². The summed E-state index contributed by atoms with van der Waals surface area (Å²) in [6, 6.07) is 6.54. The standard InChI is InChI=1S/C24H29ClN6O2/c1-24(14-33-13-21(24)32)30-8-5-15(6-9-30)18-11-20-16(10-19(18)25)12-26-23(28-20)29-22-4-7-27-31(22)17-2-3-17/h4,7,10-12,15,17,21,32H,2-3,5-6,8-9,13-14H2,1H3,(H,26,28,29)/t21-,24+/m1/s1. The maximum absolute atomic E-state index is 10.4. The average molecular weight is 469 g/mol. The van der Waals surface area contributed by atoms with Gasteiger partial charge < -0.3 is 15.2 Å². The number of aliphatic hydroxyl groups excluding tert-OH is 1. The molecular formula is C24H29ClN6O2. The first kappa shape index (κ1) is 21.3. The number of fused-ring (bicyclic) bond motifs is 1. The van der Waals surface area contributed by atoms with Crippen molar-refractivity contribution in [3.8, 4) is 0 Å². The number of hydrogen-bond donors (Lipinski definition) is 2. The molecule has 6 rings (SSSR count). The normalized spacial score (nSPS) is 26.8. The second-order valence-electron chi connectivity index (χ2n) is 9.79. The van der Waals surface area contributed by atoms with Crippen LogP contribution < -0.4 is 5.32 Å². The molecule has 0 amide bonds. The van der Waals surface area contributed by atoms with Crippen LogP contribution in [0.3, 0.4) is 0 Å². The van der Waals surface area contributed by atoms with Gasteiger partial charge in [0.2, 0.25) is 5.95 Å². The van der Waals surface area contributed by atoms with Crippen molar-refractivity contribution >= 4 is 34.3 Å². The number of hydrogen-bond acceptors (Lipinski definition) is 7. The van der Waals surface area contributed by atoms with Crippen LogP contribution in [0.4, 0.5) is 11.8 Å². The first-order valence-corrected chi connectivity index (χ1v) is 12.2. The summed E-state index contributed by atoms with van der Waals surface area (Å²) in [5.41, 5.74) is 1.74. The number of nitrogens with zero attached hydrogens (tertiary/aromatic N) is 5. The second kappa shape index (κ2) is 8.20. The lowest BCUT2D eigenvalue weighted by molar-refractivity contribution is -0.00211. The lowest BCUT2D eigenvalue weighted by Crippen LogP contribution is -2.56. The van der Waals surface area contributed by atoms with Crippen LogP contribution in [-0.2, 0) is 4.74 Å². The van der Waals surface area contributed by atoms with Gasteiger partial charge in [0, 0.05) is 22.7 Å². The van der Waals surface area contributed by atoms with Gasteiger partial charge in [0.05, 0.1) is 42.6 Å². The number of ether oxygens (including phenoxy) is 1. The minimum Gasteiger partial charge on any atom is -0.389 e. The maximum Gasteiger partial charge on any atom is 0.228 e. The Labute approximate surface area is 197 Å². The van der Waals surface area contributed by atoms with Gasteiger partial charge in [-0.15, -0.1) is 0 Å². The molecule has 8 nitrogen and oxygen atoms in total. The number of anilines is 2. The molecule has 0 bridgehead atoms. The quantitative estimate of drug-likeness (QED) is 0.587. The fourth-order valence-electron chi connectivity index (χ4n) is 5.23. The molecule has 2 N–H and O–H groups in total. The second-order valence-corrected chi connectivity index (χ2v) is 10.2. The first-order valence-electron chi connectivity index (χ1n) is 11.8. The molecule has 3 aliphatic rings. The van der Waals surface area contributed by atoms with E-state index in [4.69, 9.17) is 21.3 Å². The van der Waals surface area contributed by atoms with Gasteiger partial charge in [0.25, 0.3) is 0 Å². The van der Waals surface area contributed by atoms with Gasteiger partial charge in [0.1, 0.15) is 5.82 Å². The molecule has 2 aromatic heterocycles. The van der Waals surface area contributed by atoms with Crippen LogP contribution in [0, 0.1) is 0 Å². The number of benzene rings is 1. The Morgan fingerprint density at radius 2 is 2.03 bits per heavy atom. The molecule has 2 atom stereocenters. The summed E-state index contributed by atoms with van der Waals surface area (Å²) in [6.07, 6.45) is 7.51. The zero-order valence-corrected chi connectivity index (χ0v) is 19.5. The highest BCUT2D eigenvalue weighted by atomic mass is 35.5. The molecule has 1 saturated carbocycles. The van der Waals surface area contributed by atoms with Crippen molar-refractivity contribution < 1.29 is 9.84 Å². The summed E-state index contributed by atoms with van der Waals surface area (Å²) < 4.78 is 7.55. The number of piperidine rings is 1. The molecule has 1 aromatic carbocycles. The maximum atomic E-state index is 10.4. The molecule has 174 valence electrons. The molecule has 3 aromatic rings. The van der Waals surface area contributed by atoms with E-state index in [-0.39, 0.29) is 5.54 Å². The molecular weight excluding hydrogens is 440 g/mol. The van der Waals surface area contributed by atoms with Crippen molar-refractivity contribution in [3.63, 3.8) is 0 Å². The highest BCUT2D eigenvalue weighted by Gasteiger charge is 2.45. The fraction of sp³-hybridized carbons (Fsp3) is 0.542. The summed E-state index contributed by atoms with van der Waals surface area (Å²) in [6.45, 7) is 4.94. The van der Waals surface area contributed by atoms with E-state index < -0.39 is 6.10 Å². The summed E-state index contributed by atoms with van der Waals surface area (Å²) in [7, 11) is 0. The van der Waals surface area contributed by atoms with Crippen LogP contribution in [0.2, 0.25) is 5.02 Å². The number of nitrogens with one attached hydrogen (secondary N) is 1. The lowest BCUT2D eigenvalue weighted by Gasteiger charge is -2.43. The van der Waals surface area contributed by atoms with E-state index in [9.17, 15) is 5.11 Å². The molecule has 4 heterocycles. The van der Waals surface area contributed by atoms with Gasteiger partial charge >= 0.3 is 0 Å². The van der Waals surface area contributed by atoms with Crippen molar-refractivity contribution in [3.05, 3.63) is 41.2 Å². The molecule has 2 saturated heterocycles. The summed E-state index contributed by atoms with van der Waals surface area (Å²) in [5.74, 6) is 1.85. The van der Waals surface area contributed by atoms with E-state index in [1.165, 1.54) is 12.8 Å². The van der Waals surface area contributed by atoms with Crippen molar-refractivity contribution in [2.45, 2.75) is 56.2 Å². The van der Waals surface area contributed by atoms with E-state index in [0.29, 0.717) is 31.1 Å². The first-order chi connectivity index (χ1) is 16.0. The zero-order valence-electron chi connectivity index (χ0n) is 18.7. The average Bonchev–Trinajstić information content (AvgIpc) is 3.47. The smallest absolute Gasteiger partial charge is 0.228 e. The van der Waals surface area contributed by atoms with E-state index in [1.807, 2.05) is 29.2 Å².